The molecule has 1 saturated heterocycles. The van der Waals surface area contributed by atoms with Crippen molar-refractivity contribution in [2.45, 2.75) is 37.6 Å². The van der Waals surface area contributed by atoms with Crippen LogP contribution in [0.1, 0.15) is 12.8 Å². The third-order valence-electron chi connectivity index (χ3n) is 2.54. The van der Waals surface area contributed by atoms with Gasteiger partial charge in [0.05, 0.1) is 6.10 Å². The molecule has 6 nitrogen and oxygen atoms in total. The fourth-order valence-electron chi connectivity index (χ4n) is 1.63. The van der Waals surface area contributed by atoms with E-state index < -0.39 is 30.3 Å². The molecule has 0 aromatic heterocycles. The van der Waals surface area contributed by atoms with E-state index >= 15 is 0 Å². The maximum absolute atomic E-state index is 11.4. The molecule has 2 rings (SSSR count). The summed E-state index contributed by atoms with van der Waals surface area (Å²) in [6, 6.07) is 0. The second-order valence-electron chi connectivity index (χ2n) is 3.73. The van der Waals surface area contributed by atoms with Crippen molar-refractivity contribution in [1.29, 1.82) is 0 Å². The van der Waals surface area contributed by atoms with Gasteiger partial charge in [0.1, 0.15) is 0 Å². The number of ether oxygens (including phenoxy) is 2. The van der Waals surface area contributed by atoms with Crippen LogP contribution in [0.2, 0.25) is 0 Å². The minimum absolute atomic E-state index is 0.218. The van der Waals surface area contributed by atoms with Crippen molar-refractivity contribution in [1.82, 2.24) is 0 Å². The predicted molar refractivity (Wildman–Crippen MR) is 50.1 cm³/mol. The summed E-state index contributed by atoms with van der Waals surface area (Å²) < 4.78 is 9.96. The summed E-state index contributed by atoms with van der Waals surface area (Å²) in [6.07, 6.45) is -0.0746. The minimum Gasteiger partial charge on any atom is -0.380 e. The molecule has 3 atom stereocenters. The van der Waals surface area contributed by atoms with Crippen molar-refractivity contribution >= 4 is 11.6 Å². The van der Waals surface area contributed by atoms with Crippen LogP contribution < -0.4 is 0 Å². The maximum atomic E-state index is 11.4. The van der Waals surface area contributed by atoms with E-state index in [-0.39, 0.29) is 6.10 Å². The summed E-state index contributed by atoms with van der Waals surface area (Å²) in [7, 11) is 0. The number of rotatable bonds is 2. The van der Waals surface area contributed by atoms with Gasteiger partial charge in [-0.3, -0.25) is 9.59 Å². The maximum Gasteiger partial charge on any atom is 0.257 e. The first-order valence-corrected chi connectivity index (χ1v) is 4.99. The highest BCUT2D eigenvalue weighted by molar-refractivity contribution is 6.40. The van der Waals surface area contributed by atoms with E-state index in [4.69, 9.17) is 19.7 Å². The Bertz CT molecular complexity index is 328. The van der Waals surface area contributed by atoms with Gasteiger partial charge in [-0.05, 0) is 12.8 Å². The SMILES string of the molecule is O=C1C(=O)C(O)C(O)OC1OC1CC=CC1. The molecule has 88 valence electrons. The molecule has 0 aromatic carbocycles. The van der Waals surface area contributed by atoms with E-state index in [1.165, 1.54) is 0 Å². The van der Waals surface area contributed by atoms with Gasteiger partial charge in [-0.15, -0.1) is 0 Å². The minimum atomic E-state index is -1.81. The Balaban J connectivity index is 1.99. The van der Waals surface area contributed by atoms with Crippen LogP contribution in [-0.2, 0) is 19.1 Å². The van der Waals surface area contributed by atoms with E-state index in [1.54, 1.807) is 0 Å². The van der Waals surface area contributed by atoms with Gasteiger partial charge in [0.2, 0.25) is 12.1 Å². The Morgan fingerprint density at radius 1 is 1.19 bits per heavy atom. The van der Waals surface area contributed by atoms with Crippen LogP contribution in [0, 0.1) is 0 Å². The summed E-state index contributed by atoms with van der Waals surface area (Å²) in [4.78, 5) is 22.6. The standard InChI is InChI=1S/C10H12O6/c11-6-7(12)9(14)16-10(8(6)13)15-5-3-1-2-4-5/h1-2,5,7,9-10,12,14H,3-4H2. The number of aliphatic hydroxyl groups excluding tert-OH is 2. The first-order valence-electron chi connectivity index (χ1n) is 4.99. The highest BCUT2D eigenvalue weighted by Gasteiger charge is 2.44. The molecule has 0 radical (unpaired) electrons. The van der Waals surface area contributed by atoms with E-state index in [1.807, 2.05) is 12.2 Å². The smallest absolute Gasteiger partial charge is 0.257 e. The summed E-state index contributed by atoms with van der Waals surface area (Å²) in [5.74, 6) is -2.03. The van der Waals surface area contributed by atoms with Gasteiger partial charge in [-0.2, -0.15) is 0 Å². The Hall–Kier alpha value is -1.08. The van der Waals surface area contributed by atoms with E-state index in [9.17, 15) is 9.59 Å². The molecular weight excluding hydrogens is 216 g/mol. The molecule has 1 fully saturated rings. The average Bonchev–Trinajstić information content (AvgIpc) is 2.76. The first-order chi connectivity index (χ1) is 7.59. The predicted octanol–water partition coefficient (Wildman–Crippen LogP) is -1.10. The first kappa shape index (κ1) is 11.4. The number of carbonyl (C=O) groups is 2. The molecule has 0 saturated carbocycles. The lowest BCUT2D eigenvalue weighted by molar-refractivity contribution is -0.265. The van der Waals surface area contributed by atoms with E-state index in [2.05, 4.69) is 0 Å². The lowest BCUT2D eigenvalue weighted by Gasteiger charge is -2.29. The number of carbonyl (C=O) groups excluding carboxylic acids is 2. The third kappa shape index (κ3) is 2.05. The van der Waals surface area contributed by atoms with Crippen LogP contribution in [0.5, 0.6) is 0 Å². The second kappa shape index (κ2) is 4.42. The average molecular weight is 228 g/mol. The zero-order valence-electron chi connectivity index (χ0n) is 8.41. The fraction of sp³-hybridized carbons (Fsp3) is 0.600. The van der Waals surface area contributed by atoms with Crippen LogP contribution >= 0.6 is 0 Å². The van der Waals surface area contributed by atoms with Crippen LogP contribution in [0.15, 0.2) is 12.2 Å². The molecule has 1 aliphatic carbocycles. The quantitative estimate of drug-likeness (QED) is 0.460. The Morgan fingerprint density at radius 2 is 1.81 bits per heavy atom. The lowest BCUT2D eigenvalue weighted by atomic mass is 10.1. The molecule has 2 N–H and O–H groups in total. The molecule has 0 spiro atoms. The number of ketones is 2. The van der Waals surface area contributed by atoms with Crippen molar-refractivity contribution in [3.63, 3.8) is 0 Å². The molecule has 0 aromatic rings. The van der Waals surface area contributed by atoms with Crippen molar-refractivity contribution in [3.05, 3.63) is 12.2 Å². The van der Waals surface area contributed by atoms with Crippen LogP contribution in [-0.4, -0.2) is 46.6 Å². The van der Waals surface area contributed by atoms with Crippen LogP contribution in [0.3, 0.4) is 0 Å². The van der Waals surface area contributed by atoms with Gasteiger partial charge in [0.15, 0.2) is 12.4 Å². The van der Waals surface area contributed by atoms with Gasteiger partial charge in [0.25, 0.3) is 5.78 Å². The van der Waals surface area contributed by atoms with Gasteiger partial charge < -0.3 is 19.7 Å². The van der Waals surface area contributed by atoms with Crippen molar-refractivity contribution in [3.8, 4) is 0 Å². The zero-order valence-corrected chi connectivity index (χ0v) is 8.41. The molecule has 1 aliphatic heterocycles. The molecule has 16 heavy (non-hydrogen) atoms. The topological polar surface area (TPSA) is 93.1 Å². The second-order valence-corrected chi connectivity index (χ2v) is 3.73. The fourth-order valence-corrected chi connectivity index (χ4v) is 1.63. The van der Waals surface area contributed by atoms with Gasteiger partial charge in [0, 0.05) is 0 Å². The lowest BCUT2D eigenvalue weighted by Crippen LogP contribution is -2.53. The molecule has 0 amide bonds. The van der Waals surface area contributed by atoms with Gasteiger partial charge in [-0.1, -0.05) is 12.2 Å². The van der Waals surface area contributed by atoms with Crippen molar-refractivity contribution in [2.24, 2.45) is 0 Å². The molecule has 6 heteroatoms. The van der Waals surface area contributed by atoms with Crippen molar-refractivity contribution < 1.29 is 29.3 Å². The Labute approximate surface area is 91.5 Å². The number of aliphatic hydroxyl groups is 2. The summed E-state index contributed by atoms with van der Waals surface area (Å²) in [5.41, 5.74) is 0. The summed E-state index contributed by atoms with van der Waals surface area (Å²) in [6.45, 7) is 0. The van der Waals surface area contributed by atoms with Crippen molar-refractivity contribution in [2.75, 3.05) is 0 Å². The largest absolute Gasteiger partial charge is 0.380 e. The zero-order chi connectivity index (χ0) is 11.7. The summed E-state index contributed by atoms with van der Waals surface area (Å²) >= 11 is 0. The van der Waals surface area contributed by atoms with Crippen LogP contribution in [0.4, 0.5) is 0 Å². The number of hydrogen-bond acceptors (Lipinski definition) is 6. The van der Waals surface area contributed by atoms with E-state index in [0.717, 1.165) is 0 Å². The van der Waals surface area contributed by atoms with E-state index in [0.29, 0.717) is 12.8 Å². The number of Topliss-reactive ketones (excluding diaryl/α,β-unsaturated/α-hetero) is 2. The Morgan fingerprint density at radius 3 is 2.44 bits per heavy atom. The van der Waals surface area contributed by atoms with Crippen LogP contribution in [0.25, 0.3) is 0 Å². The molecule has 0 bridgehead atoms. The molecule has 3 unspecified atom stereocenters. The Kier molecular flexibility index (Phi) is 3.15. The highest BCUT2D eigenvalue weighted by atomic mass is 16.7. The normalized spacial score (nSPS) is 36.0. The monoisotopic (exact) mass is 228 g/mol. The molecule has 1 heterocycles. The third-order valence-corrected chi connectivity index (χ3v) is 2.54. The highest BCUT2D eigenvalue weighted by Crippen LogP contribution is 2.20. The van der Waals surface area contributed by atoms with Gasteiger partial charge >= 0.3 is 0 Å². The van der Waals surface area contributed by atoms with Gasteiger partial charge in [-0.25, -0.2) is 0 Å². The molecule has 2 aliphatic rings. The number of hydrogen-bond donors (Lipinski definition) is 2. The molecular formula is C10H12O6. The summed E-state index contributed by atoms with van der Waals surface area (Å²) in [5, 5.41) is 18.3.